The van der Waals surface area contributed by atoms with Crippen molar-refractivity contribution in [3.05, 3.63) is 29.3 Å². The second-order valence-corrected chi connectivity index (χ2v) is 6.06. The number of carbonyl (C=O) groups excluding carboxylic acids is 2. The molecule has 2 rings (SSSR count). The van der Waals surface area contributed by atoms with Crippen molar-refractivity contribution < 1.29 is 14.3 Å². The number of nitrogens with one attached hydrogen (secondary N) is 1. The smallest absolute Gasteiger partial charge is 0.244 e. The summed E-state index contributed by atoms with van der Waals surface area (Å²) < 4.78 is 5.59. The Morgan fingerprint density at radius 1 is 1.35 bits per heavy atom. The van der Waals surface area contributed by atoms with Crippen molar-refractivity contribution in [3.63, 3.8) is 0 Å². The molecule has 1 aliphatic rings. The number of benzene rings is 1. The van der Waals surface area contributed by atoms with Gasteiger partial charge in [0.15, 0.2) is 0 Å². The predicted octanol–water partition coefficient (Wildman–Crippen LogP) is 2.66. The first kappa shape index (κ1) is 17.5. The summed E-state index contributed by atoms with van der Waals surface area (Å²) in [5.74, 6) is -0.185. The molecule has 1 N–H and O–H groups in total. The molecule has 1 fully saturated rings. The van der Waals surface area contributed by atoms with Gasteiger partial charge in [0.05, 0.1) is 12.6 Å². The van der Waals surface area contributed by atoms with E-state index in [4.69, 9.17) is 4.74 Å². The monoisotopic (exact) mass is 318 g/mol. The van der Waals surface area contributed by atoms with Crippen LogP contribution in [0.1, 0.15) is 37.3 Å². The van der Waals surface area contributed by atoms with Gasteiger partial charge in [-0.05, 0) is 43.9 Å². The number of aryl methyl sites for hydroxylation is 1. The minimum absolute atomic E-state index is 0.0170. The van der Waals surface area contributed by atoms with Gasteiger partial charge in [-0.3, -0.25) is 9.59 Å². The fraction of sp³-hybridized carbons (Fsp3) is 0.556. The molecule has 0 aliphatic carbocycles. The van der Waals surface area contributed by atoms with Gasteiger partial charge < -0.3 is 15.0 Å². The molecule has 23 heavy (non-hydrogen) atoms. The Labute approximate surface area is 138 Å². The van der Waals surface area contributed by atoms with Crippen molar-refractivity contribution in [3.8, 4) is 0 Å². The fourth-order valence-electron chi connectivity index (χ4n) is 2.76. The van der Waals surface area contributed by atoms with E-state index in [0.717, 1.165) is 36.3 Å². The Morgan fingerprint density at radius 3 is 2.78 bits per heavy atom. The van der Waals surface area contributed by atoms with E-state index in [1.54, 1.807) is 4.90 Å². The maximum atomic E-state index is 12.3. The number of carbonyl (C=O) groups is 2. The number of amides is 2. The van der Waals surface area contributed by atoms with E-state index in [2.05, 4.69) is 5.32 Å². The number of hydrogen-bond acceptors (Lipinski definition) is 3. The van der Waals surface area contributed by atoms with Crippen molar-refractivity contribution in [2.24, 2.45) is 0 Å². The van der Waals surface area contributed by atoms with E-state index in [-0.39, 0.29) is 24.5 Å². The van der Waals surface area contributed by atoms with E-state index >= 15 is 0 Å². The van der Waals surface area contributed by atoms with Crippen molar-refractivity contribution >= 4 is 17.5 Å². The third kappa shape index (κ3) is 4.79. The summed E-state index contributed by atoms with van der Waals surface area (Å²) >= 11 is 0. The van der Waals surface area contributed by atoms with Crippen molar-refractivity contribution in [2.45, 2.75) is 46.1 Å². The Hall–Kier alpha value is -1.88. The summed E-state index contributed by atoms with van der Waals surface area (Å²) in [6, 6.07) is 5.81. The summed E-state index contributed by atoms with van der Waals surface area (Å²) in [5, 5.41) is 2.91. The predicted molar refractivity (Wildman–Crippen MR) is 90.4 cm³/mol. The lowest BCUT2D eigenvalue weighted by Gasteiger charge is -2.24. The maximum absolute atomic E-state index is 12.3. The van der Waals surface area contributed by atoms with Crippen LogP contribution in [0.3, 0.4) is 0 Å². The topological polar surface area (TPSA) is 58.6 Å². The van der Waals surface area contributed by atoms with Gasteiger partial charge in [-0.2, -0.15) is 0 Å². The van der Waals surface area contributed by atoms with Gasteiger partial charge in [-0.15, -0.1) is 0 Å². The van der Waals surface area contributed by atoms with Crippen LogP contribution in [0.25, 0.3) is 0 Å². The van der Waals surface area contributed by atoms with Crippen LogP contribution in [0.5, 0.6) is 0 Å². The van der Waals surface area contributed by atoms with Crippen LogP contribution in [-0.2, 0) is 14.3 Å². The lowest BCUT2D eigenvalue weighted by molar-refractivity contribution is -0.135. The van der Waals surface area contributed by atoms with Crippen LogP contribution in [0.4, 0.5) is 5.69 Å². The summed E-state index contributed by atoms with van der Waals surface area (Å²) in [4.78, 5) is 26.0. The third-order valence-electron chi connectivity index (χ3n) is 4.32. The third-order valence-corrected chi connectivity index (χ3v) is 4.32. The molecule has 0 radical (unpaired) electrons. The van der Waals surface area contributed by atoms with Gasteiger partial charge in [0.1, 0.15) is 0 Å². The number of anilines is 1. The molecule has 0 spiro atoms. The number of rotatable bonds is 6. The van der Waals surface area contributed by atoms with E-state index in [1.807, 2.05) is 39.0 Å². The molecule has 1 aliphatic heterocycles. The first-order valence-electron chi connectivity index (χ1n) is 8.26. The minimum Gasteiger partial charge on any atom is -0.376 e. The second kappa shape index (κ2) is 8.11. The molecule has 126 valence electrons. The highest BCUT2D eigenvalue weighted by atomic mass is 16.5. The Kier molecular flexibility index (Phi) is 6.16. The molecule has 0 bridgehead atoms. The van der Waals surface area contributed by atoms with Crippen LogP contribution in [0, 0.1) is 13.8 Å². The van der Waals surface area contributed by atoms with Crippen molar-refractivity contribution in [1.29, 1.82) is 0 Å². The van der Waals surface area contributed by atoms with Crippen LogP contribution in [0.2, 0.25) is 0 Å². The number of ether oxygens (including phenoxy) is 1. The lowest BCUT2D eigenvalue weighted by Crippen LogP contribution is -2.42. The molecule has 1 heterocycles. The van der Waals surface area contributed by atoms with Crippen LogP contribution >= 0.6 is 0 Å². The zero-order valence-electron chi connectivity index (χ0n) is 14.2. The standard InChI is InChI=1S/C18H26N2O3/c1-4-18(22)20(11-15-8-6-10-23-15)12-17(21)19-16-9-5-7-13(2)14(16)3/h5,7,9,15H,4,6,8,10-12H2,1-3H3,(H,19,21). The van der Waals surface area contributed by atoms with Gasteiger partial charge in [0.2, 0.25) is 11.8 Å². The van der Waals surface area contributed by atoms with Gasteiger partial charge in [0.25, 0.3) is 0 Å². The van der Waals surface area contributed by atoms with Crippen molar-refractivity contribution in [2.75, 3.05) is 25.0 Å². The molecule has 0 saturated carbocycles. The number of nitrogens with zero attached hydrogens (tertiary/aromatic N) is 1. The average molecular weight is 318 g/mol. The fourth-order valence-corrected chi connectivity index (χ4v) is 2.76. The quantitative estimate of drug-likeness (QED) is 0.877. The average Bonchev–Trinajstić information content (AvgIpc) is 3.03. The SMILES string of the molecule is CCC(=O)N(CC(=O)Nc1cccc(C)c1C)CC1CCCO1. The zero-order valence-corrected chi connectivity index (χ0v) is 14.2. The van der Waals surface area contributed by atoms with E-state index < -0.39 is 0 Å². The molecule has 5 nitrogen and oxygen atoms in total. The normalized spacial score (nSPS) is 17.1. The molecule has 5 heteroatoms. The lowest BCUT2D eigenvalue weighted by atomic mass is 10.1. The van der Waals surface area contributed by atoms with Gasteiger partial charge in [0, 0.05) is 25.3 Å². The van der Waals surface area contributed by atoms with E-state index in [9.17, 15) is 9.59 Å². The Morgan fingerprint density at radius 2 is 2.13 bits per heavy atom. The van der Waals surface area contributed by atoms with Crippen LogP contribution < -0.4 is 5.32 Å². The zero-order chi connectivity index (χ0) is 16.8. The highest BCUT2D eigenvalue weighted by Crippen LogP contribution is 2.18. The van der Waals surface area contributed by atoms with Gasteiger partial charge in [-0.25, -0.2) is 0 Å². The van der Waals surface area contributed by atoms with Crippen LogP contribution in [0.15, 0.2) is 18.2 Å². The summed E-state index contributed by atoms with van der Waals surface area (Å²) in [6.07, 6.45) is 2.42. The maximum Gasteiger partial charge on any atom is 0.244 e. The van der Waals surface area contributed by atoms with Gasteiger partial charge in [-0.1, -0.05) is 19.1 Å². The highest BCUT2D eigenvalue weighted by molar-refractivity contribution is 5.95. The highest BCUT2D eigenvalue weighted by Gasteiger charge is 2.23. The first-order chi connectivity index (χ1) is 11.0. The largest absolute Gasteiger partial charge is 0.376 e. The minimum atomic E-state index is -0.168. The molecule has 1 atom stereocenters. The second-order valence-electron chi connectivity index (χ2n) is 6.06. The van der Waals surface area contributed by atoms with Crippen molar-refractivity contribution in [1.82, 2.24) is 4.90 Å². The summed E-state index contributed by atoms with van der Waals surface area (Å²) in [6.45, 7) is 7.11. The Balaban J connectivity index is 1.98. The Bertz CT molecular complexity index is 565. The molecular weight excluding hydrogens is 292 g/mol. The molecule has 1 aromatic carbocycles. The van der Waals surface area contributed by atoms with E-state index in [0.29, 0.717) is 13.0 Å². The molecule has 2 amide bonds. The molecule has 0 aromatic heterocycles. The summed E-state index contributed by atoms with van der Waals surface area (Å²) in [7, 11) is 0. The summed E-state index contributed by atoms with van der Waals surface area (Å²) in [5.41, 5.74) is 2.98. The number of hydrogen-bond donors (Lipinski definition) is 1. The molecule has 1 aromatic rings. The van der Waals surface area contributed by atoms with Gasteiger partial charge >= 0.3 is 0 Å². The molecule has 1 saturated heterocycles. The van der Waals surface area contributed by atoms with Crippen LogP contribution in [-0.4, -0.2) is 42.5 Å². The first-order valence-corrected chi connectivity index (χ1v) is 8.26. The van der Waals surface area contributed by atoms with E-state index in [1.165, 1.54) is 0 Å². The molecular formula is C18H26N2O3. The molecule has 1 unspecified atom stereocenters.